The molecule has 1 heterocycles. The summed E-state index contributed by atoms with van der Waals surface area (Å²) < 4.78 is 38.1. The molecule has 1 saturated heterocycles. The summed E-state index contributed by atoms with van der Waals surface area (Å²) >= 11 is 0. The number of halogens is 3. The molecule has 0 spiro atoms. The van der Waals surface area contributed by atoms with Crippen LogP contribution in [0.5, 0.6) is 0 Å². The Kier molecular flexibility index (Phi) is 6.48. The van der Waals surface area contributed by atoms with Crippen LogP contribution in [-0.4, -0.2) is 42.8 Å². The SMILES string of the molecule is CC(=O)c1ccc(N2CCN(C(=O)CC(C)c3ccc(C(F)(F)F)cc3)CC2)cc1. The van der Waals surface area contributed by atoms with Crippen molar-refractivity contribution in [2.45, 2.75) is 32.4 Å². The number of benzene rings is 2. The molecule has 1 atom stereocenters. The van der Waals surface area contributed by atoms with Gasteiger partial charge in [-0.2, -0.15) is 13.2 Å². The molecule has 1 amide bonds. The number of carbonyl (C=O) groups excluding carboxylic acids is 2. The van der Waals surface area contributed by atoms with Crippen LogP contribution in [-0.2, 0) is 11.0 Å². The maximum atomic E-state index is 12.7. The van der Waals surface area contributed by atoms with Crippen LogP contribution in [0.1, 0.15) is 47.7 Å². The number of rotatable bonds is 5. The van der Waals surface area contributed by atoms with Crippen molar-refractivity contribution in [3.63, 3.8) is 0 Å². The van der Waals surface area contributed by atoms with E-state index in [4.69, 9.17) is 0 Å². The Balaban J connectivity index is 1.53. The Hall–Kier alpha value is -2.83. The van der Waals surface area contributed by atoms with E-state index >= 15 is 0 Å². The summed E-state index contributed by atoms with van der Waals surface area (Å²) in [5.41, 5.74) is 1.73. The average molecular weight is 418 g/mol. The van der Waals surface area contributed by atoms with E-state index in [1.54, 1.807) is 17.0 Å². The van der Waals surface area contributed by atoms with Crippen molar-refractivity contribution < 1.29 is 22.8 Å². The molecule has 1 fully saturated rings. The predicted molar refractivity (Wildman–Crippen MR) is 110 cm³/mol. The predicted octanol–water partition coefficient (Wildman–Crippen LogP) is 4.75. The standard InChI is InChI=1S/C23H25F3N2O2/c1-16(18-3-7-20(8-4-18)23(24,25)26)15-22(30)28-13-11-27(12-14-28)21-9-5-19(6-10-21)17(2)29/h3-10,16H,11-15H2,1-2H3. The molecule has 2 aromatic rings. The third kappa shape index (κ3) is 5.20. The molecule has 0 aliphatic carbocycles. The normalized spacial score (nSPS) is 15.8. The van der Waals surface area contributed by atoms with E-state index in [2.05, 4.69) is 4.90 Å². The quantitative estimate of drug-likeness (QED) is 0.658. The first-order chi connectivity index (χ1) is 14.1. The van der Waals surface area contributed by atoms with Gasteiger partial charge in [0.2, 0.25) is 5.91 Å². The van der Waals surface area contributed by atoms with Crippen LogP contribution in [0.15, 0.2) is 48.5 Å². The zero-order valence-electron chi connectivity index (χ0n) is 17.1. The van der Waals surface area contributed by atoms with Gasteiger partial charge in [0.1, 0.15) is 0 Å². The molecule has 7 heteroatoms. The molecular weight excluding hydrogens is 393 g/mol. The fourth-order valence-corrected chi connectivity index (χ4v) is 3.63. The number of hydrogen-bond donors (Lipinski definition) is 0. The molecule has 1 unspecified atom stereocenters. The Labute approximate surface area is 174 Å². The molecule has 1 aliphatic heterocycles. The van der Waals surface area contributed by atoms with Gasteiger partial charge in [0.25, 0.3) is 0 Å². The van der Waals surface area contributed by atoms with Crippen molar-refractivity contribution in [2.75, 3.05) is 31.1 Å². The summed E-state index contributed by atoms with van der Waals surface area (Å²) in [6.45, 7) is 5.96. The minimum atomic E-state index is -4.36. The summed E-state index contributed by atoms with van der Waals surface area (Å²) in [5.74, 6) is -0.120. The summed E-state index contributed by atoms with van der Waals surface area (Å²) in [7, 11) is 0. The monoisotopic (exact) mass is 418 g/mol. The number of piperazine rings is 1. The van der Waals surface area contributed by atoms with Crippen molar-refractivity contribution in [2.24, 2.45) is 0 Å². The topological polar surface area (TPSA) is 40.6 Å². The van der Waals surface area contributed by atoms with Gasteiger partial charge in [-0.3, -0.25) is 9.59 Å². The number of carbonyl (C=O) groups is 2. The van der Waals surface area contributed by atoms with Crippen molar-refractivity contribution in [3.8, 4) is 0 Å². The summed E-state index contributed by atoms with van der Waals surface area (Å²) in [6, 6.07) is 12.5. The number of amides is 1. The number of Topliss-reactive ketones (excluding diaryl/α,β-unsaturated/α-hetero) is 1. The fourth-order valence-electron chi connectivity index (χ4n) is 3.63. The lowest BCUT2D eigenvalue weighted by atomic mass is 9.96. The molecule has 160 valence electrons. The van der Waals surface area contributed by atoms with Gasteiger partial charge in [-0.15, -0.1) is 0 Å². The Morgan fingerprint density at radius 1 is 0.933 bits per heavy atom. The Bertz CT molecular complexity index is 884. The fraction of sp³-hybridized carbons (Fsp3) is 0.391. The first kappa shape index (κ1) is 21.9. The summed E-state index contributed by atoms with van der Waals surface area (Å²) in [6.07, 6.45) is -4.09. The minimum Gasteiger partial charge on any atom is -0.368 e. The first-order valence-corrected chi connectivity index (χ1v) is 9.96. The van der Waals surface area contributed by atoms with E-state index in [1.165, 1.54) is 19.1 Å². The van der Waals surface area contributed by atoms with Crippen LogP contribution in [0, 0.1) is 0 Å². The summed E-state index contributed by atoms with van der Waals surface area (Å²) in [4.78, 5) is 28.0. The van der Waals surface area contributed by atoms with E-state index in [0.29, 0.717) is 31.7 Å². The molecule has 4 nitrogen and oxygen atoms in total. The highest BCUT2D eigenvalue weighted by Crippen LogP contribution is 2.31. The number of hydrogen-bond acceptors (Lipinski definition) is 3. The highest BCUT2D eigenvalue weighted by Gasteiger charge is 2.30. The van der Waals surface area contributed by atoms with Gasteiger partial charge >= 0.3 is 6.18 Å². The van der Waals surface area contributed by atoms with Crippen molar-refractivity contribution in [3.05, 3.63) is 65.2 Å². The lowest BCUT2D eigenvalue weighted by Gasteiger charge is -2.36. The van der Waals surface area contributed by atoms with E-state index in [-0.39, 0.29) is 24.0 Å². The number of alkyl halides is 3. The molecule has 0 bridgehead atoms. The number of anilines is 1. The lowest BCUT2D eigenvalue weighted by molar-refractivity contribution is -0.137. The van der Waals surface area contributed by atoms with Gasteiger partial charge in [-0.1, -0.05) is 19.1 Å². The minimum absolute atomic E-state index is 0.00831. The van der Waals surface area contributed by atoms with Crippen LogP contribution >= 0.6 is 0 Å². The number of ketones is 1. The van der Waals surface area contributed by atoms with Gasteiger partial charge in [0, 0.05) is 43.9 Å². The van der Waals surface area contributed by atoms with Gasteiger partial charge < -0.3 is 9.80 Å². The van der Waals surface area contributed by atoms with E-state index in [9.17, 15) is 22.8 Å². The summed E-state index contributed by atoms with van der Waals surface area (Å²) in [5, 5.41) is 0. The van der Waals surface area contributed by atoms with Crippen molar-refractivity contribution in [1.82, 2.24) is 4.90 Å². The zero-order valence-corrected chi connectivity index (χ0v) is 17.1. The van der Waals surface area contributed by atoms with E-state index in [1.807, 2.05) is 19.1 Å². The van der Waals surface area contributed by atoms with Crippen LogP contribution < -0.4 is 4.90 Å². The Morgan fingerprint density at radius 2 is 1.50 bits per heavy atom. The molecule has 0 saturated carbocycles. The van der Waals surface area contributed by atoms with Crippen molar-refractivity contribution in [1.29, 1.82) is 0 Å². The van der Waals surface area contributed by atoms with Crippen LogP contribution in [0.3, 0.4) is 0 Å². The molecule has 30 heavy (non-hydrogen) atoms. The van der Waals surface area contributed by atoms with Crippen LogP contribution in [0.4, 0.5) is 18.9 Å². The van der Waals surface area contributed by atoms with Gasteiger partial charge in [0.05, 0.1) is 5.56 Å². The van der Waals surface area contributed by atoms with E-state index in [0.717, 1.165) is 23.4 Å². The van der Waals surface area contributed by atoms with Crippen LogP contribution in [0.2, 0.25) is 0 Å². The zero-order chi connectivity index (χ0) is 21.9. The lowest BCUT2D eigenvalue weighted by Crippen LogP contribution is -2.49. The van der Waals surface area contributed by atoms with Crippen molar-refractivity contribution >= 4 is 17.4 Å². The Morgan fingerprint density at radius 3 is 2.00 bits per heavy atom. The maximum absolute atomic E-state index is 12.7. The molecule has 2 aromatic carbocycles. The molecule has 3 rings (SSSR count). The van der Waals surface area contributed by atoms with Gasteiger partial charge in [-0.25, -0.2) is 0 Å². The van der Waals surface area contributed by atoms with E-state index < -0.39 is 11.7 Å². The van der Waals surface area contributed by atoms with Gasteiger partial charge in [-0.05, 0) is 54.8 Å². The third-order valence-corrected chi connectivity index (χ3v) is 5.56. The largest absolute Gasteiger partial charge is 0.416 e. The highest BCUT2D eigenvalue weighted by atomic mass is 19.4. The second-order valence-electron chi connectivity index (χ2n) is 7.70. The maximum Gasteiger partial charge on any atom is 0.416 e. The molecule has 0 aromatic heterocycles. The second kappa shape index (κ2) is 8.90. The molecule has 1 aliphatic rings. The smallest absolute Gasteiger partial charge is 0.368 e. The average Bonchev–Trinajstić information content (AvgIpc) is 2.73. The third-order valence-electron chi connectivity index (χ3n) is 5.56. The first-order valence-electron chi connectivity index (χ1n) is 9.96. The van der Waals surface area contributed by atoms with Crippen LogP contribution in [0.25, 0.3) is 0 Å². The molecule has 0 radical (unpaired) electrons. The molecular formula is C23H25F3N2O2. The molecule has 0 N–H and O–H groups in total. The number of nitrogens with zero attached hydrogens (tertiary/aromatic N) is 2. The second-order valence-corrected chi connectivity index (χ2v) is 7.70. The highest BCUT2D eigenvalue weighted by molar-refractivity contribution is 5.94. The van der Waals surface area contributed by atoms with Gasteiger partial charge in [0.15, 0.2) is 5.78 Å².